The molecule has 1 saturated heterocycles. The molecule has 0 aliphatic carbocycles. The van der Waals surface area contributed by atoms with Crippen LogP contribution in [0.25, 0.3) is 11.1 Å². The highest BCUT2D eigenvalue weighted by Gasteiger charge is 2.32. The molecule has 0 radical (unpaired) electrons. The normalized spacial score (nSPS) is 18.4. The van der Waals surface area contributed by atoms with Crippen LogP contribution in [0, 0.1) is 0 Å². The number of carbonyl (C=O) groups excluding carboxylic acids is 1. The Bertz CT molecular complexity index is 1180. The number of nitrogens with zero attached hydrogens (tertiary/aromatic N) is 3. The van der Waals surface area contributed by atoms with E-state index >= 15 is 0 Å². The molecule has 0 saturated carbocycles. The largest absolute Gasteiger partial charge is 0.433 e. The molecule has 1 unspecified atom stereocenters. The number of amides is 2. The molecule has 182 valence electrons. The number of rotatable bonds is 4. The van der Waals surface area contributed by atoms with Gasteiger partial charge in [0.05, 0.1) is 0 Å². The number of nitrogens with one attached hydrogen (secondary N) is 1. The number of alkyl halides is 3. The highest BCUT2D eigenvalue weighted by molar-refractivity contribution is 5.95. The SMILES string of the molecule is O=C(NC1CCCN(Cc2ccc(C(F)(F)F)nc2)C1)N1CCc2cc(-c3ccccc3)ccc21. The Morgan fingerprint density at radius 1 is 1.03 bits per heavy atom. The van der Waals surface area contributed by atoms with Crippen molar-refractivity contribution in [3.05, 3.63) is 83.7 Å². The first kappa shape index (κ1) is 23.4. The lowest BCUT2D eigenvalue weighted by atomic mass is 10.0. The van der Waals surface area contributed by atoms with Gasteiger partial charge in [0.25, 0.3) is 0 Å². The van der Waals surface area contributed by atoms with E-state index in [4.69, 9.17) is 0 Å². The first-order chi connectivity index (χ1) is 16.9. The molecule has 35 heavy (non-hydrogen) atoms. The van der Waals surface area contributed by atoms with Gasteiger partial charge >= 0.3 is 12.2 Å². The fourth-order valence-corrected chi connectivity index (χ4v) is 4.94. The van der Waals surface area contributed by atoms with Crippen LogP contribution in [0.1, 0.15) is 29.7 Å². The number of piperidine rings is 1. The third kappa shape index (κ3) is 5.32. The monoisotopic (exact) mass is 480 g/mol. The maximum Gasteiger partial charge on any atom is 0.433 e. The summed E-state index contributed by atoms with van der Waals surface area (Å²) in [5.74, 6) is 0. The lowest BCUT2D eigenvalue weighted by Gasteiger charge is -2.34. The fourth-order valence-electron chi connectivity index (χ4n) is 4.94. The summed E-state index contributed by atoms with van der Waals surface area (Å²) in [5.41, 5.74) is 4.27. The second kappa shape index (κ2) is 9.70. The van der Waals surface area contributed by atoms with E-state index in [1.165, 1.54) is 17.8 Å². The molecule has 1 aromatic heterocycles. The van der Waals surface area contributed by atoms with Crippen LogP contribution in [0.3, 0.4) is 0 Å². The zero-order valence-electron chi connectivity index (χ0n) is 19.3. The highest BCUT2D eigenvalue weighted by atomic mass is 19.4. The Morgan fingerprint density at radius 3 is 2.60 bits per heavy atom. The summed E-state index contributed by atoms with van der Waals surface area (Å²) in [6.45, 7) is 2.64. The molecule has 0 bridgehead atoms. The number of hydrogen-bond acceptors (Lipinski definition) is 3. The number of pyridine rings is 1. The molecule has 1 fully saturated rings. The highest BCUT2D eigenvalue weighted by Crippen LogP contribution is 2.32. The van der Waals surface area contributed by atoms with Gasteiger partial charge in [-0.25, -0.2) is 4.79 Å². The molecule has 2 amide bonds. The minimum absolute atomic E-state index is 0.00806. The predicted molar refractivity (Wildman–Crippen MR) is 129 cm³/mol. The fraction of sp³-hybridized carbons (Fsp3) is 0.333. The van der Waals surface area contributed by atoms with Gasteiger partial charge in [0.2, 0.25) is 0 Å². The van der Waals surface area contributed by atoms with Crippen molar-refractivity contribution in [2.24, 2.45) is 0 Å². The zero-order chi connectivity index (χ0) is 24.4. The summed E-state index contributed by atoms with van der Waals surface area (Å²) < 4.78 is 38.3. The molecular formula is C27H27F3N4O. The van der Waals surface area contributed by atoms with Crippen LogP contribution in [0.4, 0.5) is 23.7 Å². The summed E-state index contributed by atoms with van der Waals surface area (Å²) in [5, 5.41) is 3.17. The van der Waals surface area contributed by atoms with Crippen molar-refractivity contribution in [3.63, 3.8) is 0 Å². The zero-order valence-corrected chi connectivity index (χ0v) is 19.3. The van der Waals surface area contributed by atoms with Crippen LogP contribution in [0.2, 0.25) is 0 Å². The predicted octanol–water partition coefficient (Wildman–Crippen LogP) is 5.50. The van der Waals surface area contributed by atoms with Gasteiger partial charge in [-0.3, -0.25) is 14.8 Å². The standard InChI is InChI=1S/C27H27F3N4O/c28-27(29,30)25-11-8-19(16-31-25)17-33-13-4-7-23(18-33)32-26(35)34-14-12-22-15-21(9-10-24(22)34)20-5-2-1-3-6-20/h1-3,5-6,8-11,15-16,23H,4,7,12-14,17-18H2,(H,32,35). The van der Waals surface area contributed by atoms with Crippen LogP contribution >= 0.6 is 0 Å². The maximum atomic E-state index is 13.1. The summed E-state index contributed by atoms with van der Waals surface area (Å²) in [6, 6.07) is 18.8. The molecule has 2 aromatic carbocycles. The van der Waals surface area contributed by atoms with Crippen LogP contribution in [-0.4, -0.2) is 41.6 Å². The third-order valence-corrected chi connectivity index (χ3v) is 6.68. The summed E-state index contributed by atoms with van der Waals surface area (Å²) in [7, 11) is 0. The second-order valence-electron chi connectivity index (χ2n) is 9.18. The molecular weight excluding hydrogens is 453 g/mol. The first-order valence-corrected chi connectivity index (χ1v) is 11.9. The van der Waals surface area contributed by atoms with Crippen molar-refractivity contribution in [1.82, 2.24) is 15.2 Å². The van der Waals surface area contributed by atoms with Gasteiger partial charge in [-0.05, 0) is 66.3 Å². The van der Waals surface area contributed by atoms with Crippen molar-refractivity contribution >= 4 is 11.7 Å². The Hall–Kier alpha value is -3.39. The molecule has 5 rings (SSSR count). The Balaban J connectivity index is 1.19. The molecule has 2 aliphatic heterocycles. The van der Waals surface area contributed by atoms with Gasteiger partial charge in [0, 0.05) is 37.6 Å². The van der Waals surface area contributed by atoms with E-state index in [1.54, 1.807) is 0 Å². The van der Waals surface area contributed by atoms with Gasteiger partial charge in [-0.2, -0.15) is 13.2 Å². The minimum atomic E-state index is -4.43. The van der Waals surface area contributed by atoms with Gasteiger partial charge in [0.1, 0.15) is 5.69 Å². The van der Waals surface area contributed by atoms with Crippen LogP contribution in [0.15, 0.2) is 66.9 Å². The number of carbonyl (C=O) groups is 1. The second-order valence-corrected chi connectivity index (χ2v) is 9.18. The van der Waals surface area contributed by atoms with E-state index in [9.17, 15) is 18.0 Å². The average molecular weight is 481 g/mol. The number of aromatic nitrogens is 1. The molecule has 8 heteroatoms. The van der Waals surface area contributed by atoms with Crippen molar-refractivity contribution in [2.75, 3.05) is 24.5 Å². The number of benzene rings is 2. The van der Waals surface area contributed by atoms with Gasteiger partial charge in [0.15, 0.2) is 0 Å². The van der Waals surface area contributed by atoms with Crippen LogP contribution in [-0.2, 0) is 19.1 Å². The number of fused-ring (bicyclic) bond motifs is 1. The van der Waals surface area contributed by atoms with E-state index in [-0.39, 0.29) is 12.1 Å². The molecule has 3 aromatic rings. The van der Waals surface area contributed by atoms with Crippen LogP contribution in [0.5, 0.6) is 0 Å². The van der Waals surface area contributed by atoms with Gasteiger partial charge in [-0.1, -0.05) is 42.5 Å². The number of anilines is 1. The minimum Gasteiger partial charge on any atom is -0.334 e. The Morgan fingerprint density at radius 2 is 1.86 bits per heavy atom. The molecule has 1 N–H and O–H groups in total. The van der Waals surface area contributed by atoms with Crippen molar-refractivity contribution < 1.29 is 18.0 Å². The van der Waals surface area contributed by atoms with Crippen molar-refractivity contribution in [1.29, 1.82) is 0 Å². The molecule has 5 nitrogen and oxygen atoms in total. The van der Waals surface area contributed by atoms with E-state index in [0.717, 1.165) is 54.3 Å². The number of hydrogen-bond donors (Lipinski definition) is 1. The lowest BCUT2D eigenvalue weighted by Crippen LogP contribution is -2.51. The number of likely N-dealkylation sites (tertiary alicyclic amines) is 1. The Labute approximate surface area is 202 Å². The number of halogens is 3. The van der Waals surface area contributed by atoms with E-state index in [2.05, 4.69) is 39.5 Å². The maximum absolute atomic E-state index is 13.1. The molecule has 0 spiro atoms. The quantitative estimate of drug-likeness (QED) is 0.536. The first-order valence-electron chi connectivity index (χ1n) is 11.9. The van der Waals surface area contributed by atoms with Crippen molar-refractivity contribution in [3.8, 4) is 11.1 Å². The van der Waals surface area contributed by atoms with E-state index in [0.29, 0.717) is 19.6 Å². The van der Waals surface area contributed by atoms with Crippen molar-refractivity contribution in [2.45, 2.75) is 38.0 Å². The summed E-state index contributed by atoms with van der Waals surface area (Å²) in [6.07, 6.45) is -0.537. The summed E-state index contributed by atoms with van der Waals surface area (Å²) >= 11 is 0. The average Bonchev–Trinajstić information content (AvgIpc) is 3.28. The third-order valence-electron chi connectivity index (χ3n) is 6.68. The molecule has 2 aliphatic rings. The Kier molecular flexibility index (Phi) is 6.47. The molecule has 3 heterocycles. The van der Waals surface area contributed by atoms with E-state index < -0.39 is 11.9 Å². The number of urea groups is 1. The van der Waals surface area contributed by atoms with E-state index in [1.807, 2.05) is 29.2 Å². The molecule has 1 atom stereocenters. The summed E-state index contributed by atoms with van der Waals surface area (Å²) in [4.78, 5) is 20.6. The van der Waals surface area contributed by atoms with Gasteiger partial charge < -0.3 is 5.32 Å². The van der Waals surface area contributed by atoms with Crippen LogP contribution < -0.4 is 10.2 Å². The van der Waals surface area contributed by atoms with Gasteiger partial charge in [-0.15, -0.1) is 0 Å². The lowest BCUT2D eigenvalue weighted by molar-refractivity contribution is -0.141. The topological polar surface area (TPSA) is 48.5 Å². The smallest absolute Gasteiger partial charge is 0.334 e.